The summed E-state index contributed by atoms with van der Waals surface area (Å²) in [5.74, 6) is 0.895. The van der Waals surface area contributed by atoms with Crippen molar-refractivity contribution in [3.63, 3.8) is 0 Å². The number of hydrogen-bond donors (Lipinski definition) is 2. The summed E-state index contributed by atoms with van der Waals surface area (Å²) in [6.07, 6.45) is 1.80. The molecule has 2 aliphatic heterocycles. The van der Waals surface area contributed by atoms with Gasteiger partial charge in [-0.3, -0.25) is 14.8 Å². The lowest BCUT2D eigenvalue weighted by molar-refractivity contribution is -0.0679. The van der Waals surface area contributed by atoms with Crippen LogP contribution in [0.2, 0.25) is 0 Å². The standard InChI is InChI=1S/C17H35N5O2.HI/c1-15-13-22(14-16(2)24-15)7-4-5-19-17(18-3)20-6-8-21-9-11-23-12-10-21;/h15-16H,4-14H2,1-3H3,(H2,18,19,20);1H. The van der Waals surface area contributed by atoms with E-state index in [4.69, 9.17) is 9.47 Å². The number of halogens is 1. The molecular weight excluding hydrogens is 433 g/mol. The van der Waals surface area contributed by atoms with Crippen LogP contribution < -0.4 is 10.6 Å². The summed E-state index contributed by atoms with van der Waals surface area (Å²) in [6.45, 7) is 14.2. The summed E-state index contributed by atoms with van der Waals surface area (Å²) in [5.41, 5.74) is 0. The Bertz CT molecular complexity index is 370. The minimum Gasteiger partial charge on any atom is -0.379 e. The van der Waals surface area contributed by atoms with Gasteiger partial charge in [-0.05, 0) is 20.3 Å². The van der Waals surface area contributed by atoms with Crippen LogP contribution in [0.4, 0.5) is 0 Å². The van der Waals surface area contributed by atoms with Gasteiger partial charge in [0.15, 0.2) is 5.96 Å². The molecule has 0 radical (unpaired) electrons. The van der Waals surface area contributed by atoms with Gasteiger partial charge in [0.2, 0.25) is 0 Å². The average molecular weight is 469 g/mol. The molecule has 2 N–H and O–H groups in total. The second kappa shape index (κ2) is 13.1. The van der Waals surface area contributed by atoms with Crippen LogP contribution in [0.5, 0.6) is 0 Å². The lowest BCUT2D eigenvalue weighted by Gasteiger charge is -2.35. The Labute approximate surface area is 169 Å². The summed E-state index contributed by atoms with van der Waals surface area (Å²) >= 11 is 0. The van der Waals surface area contributed by atoms with Gasteiger partial charge in [0.05, 0.1) is 25.4 Å². The summed E-state index contributed by atoms with van der Waals surface area (Å²) < 4.78 is 11.1. The Balaban J connectivity index is 0.00000312. The molecule has 7 nitrogen and oxygen atoms in total. The largest absolute Gasteiger partial charge is 0.379 e. The van der Waals surface area contributed by atoms with Gasteiger partial charge >= 0.3 is 0 Å². The fourth-order valence-corrected chi connectivity index (χ4v) is 3.35. The third-order valence-electron chi connectivity index (χ3n) is 4.49. The topological polar surface area (TPSA) is 61.4 Å². The van der Waals surface area contributed by atoms with Crippen molar-refractivity contribution in [2.24, 2.45) is 4.99 Å². The van der Waals surface area contributed by atoms with Crippen molar-refractivity contribution < 1.29 is 9.47 Å². The quantitative estimate of drug-likeness (QED) is 0.247. The molecule has 0 aromatic carbocycles. The van der Waals surface area contributed by atoms with Crippen LogP contribution in [0.25, 0.3) is 0 Å². The van der Waals surface area contributed by atoms with Gasteiger partial charge < -0.3 is 20.1 Å². The molecule has 0 spiro atoms. The maximum atomic E-state index is 5.77. The van der Waals surface area contributed by atoms with Crippen molar-refractivity contribution >= 4 is 29.9 Å². The number of aliphatic imine (C=N–C) groups is 1. The number of nitrogens with zero attached hydrogens (tertiary/aromatic N) is 3. The van der Waals surface area contributed by atoms with Crippen molar-refractivity contribution in [1.29, 1.82) is 0 Å². The number of nitrogens with one attached hydrogen (secondary N) is 2. The van der Waals surface area contributed by atoms with Crippen molar-refractivity contribution in [3.8, 4) is 0 Å². The first-order valence-corrected chi connectivity index (χ1v) is 9.30. The first kappa shape index (κ1) is 22.9. The first-order chi connectivity index (χ1) is 11.7. The van der Waals surface area contributed by atoms with Crippen LogP contribution in [-0.4, -0.2) is 101 Å². The monoisotopic (exact) mass is 469 g/mol. The molecule has 148 valence electrons. The average Bonchev–Trinajstić information content (AvgIpc) is 2.57. The lowest BCUT2D eigenvalue weighted by Crippen LogP contribution is -2.47. The van der Waals surface area contributed by atoms with Crippen LogP contribution >= 0.6 is 24.0 Å². The third kappa shape index (κ3) is 9.37. The van der Waals surface area contributed by atoms with Crippen molar-refractivity contribution in [2.45, 2.75) is 32.5 Å². The van der Waals surface area contributed by atoms with Crippen molar-refractivity contribution in [3.05, 3.63) is 0 Å². The SMILES string of the molecule is CN=C(NCCCN1CC(C)OC(C)C1)NCCN1CCOCC1.I. The van der Waals surface area contributed by atoms with E-state index in [1.54, 1.807) is 0 Å². The number of ether oxygens (including phenoxy) is 2. The number of morpholine rings is 2. The molecular formula is C17H36IN5O2. The van der Waals surface area contributed by atoms with E-state index >= 15 is 0 Å². The summed E-state index contributed by atoms with van der Waals surface area (Å²) in [7, 11) is 1.83. The van der Waals surface area contributed by atoms with Gasteiger partial charge in [-0.2, -0.15) is 0 Å². The highest BCUT2D eigenvalue weighted by atomic mass is 127. The predicted octanol–water partition coefficient (Wildman–Crippen LogP) is 0.601. The summed E-state index contributed by atoms with van der Waals surface area (Å²) in [4.78, 5) is 9.21. The molecule has 0 aliphatic carbocycles. The fourth-order valence-electron chi connectivity index (χ4n) is 3.35. The molecule has 0 aromatic rings. The summed E-state index contributed by atoms with van der Waals surface area (Å²) in [5, 5.41) is 6.80. The molecule has 2 aliphatic rings. The molecule has 2 rings (SSSR count). The molecule has 8 heteroatoms. The third-order valence-corrected chi connectivity index (χ3v) is 4.49. The Morgan fingerprint density at radius 3 is 2.28 bits per heavy atom. The van der Waals surface area contributed by atoms with E-state index < -0.39 is 0 Å². The van der Waals surface area contributed by atoms with E-state index in [0.717, 1.165) is 78.0 Å². The Hall–Kier alpha value is -0.160. The second-order valence-electron chi connectivity index (χ2n) is 6.75. The zero-order valence-corrected chi connectivity index (χ0v) is 18.3. The predicted molar refractivity (Wildman–Crippen MR) is 113 cm³/mol. The van der Waals surface area contributed by atoms with Gasteiger partial charge in [-0.25, -0.2) is 0 Å². The molecule has 2 unspecified atom stereocenters. The zero-order valence-electron chi connectivity index (χ0n) is 16.0. The van der Waals surface area contributed by atoms with E-state index in [1.165, 1.54) is 0 Å². The molecule has 2 heterocycles. The highest BCUT2D eigenvalue weighted by Gasteiger charge is 2.21. The van der Waals surface area contributed by atoms with Crippen LogP contribution in [0.1, 0.15) is 20.3 Å². The van der Waals surface area contributed by atoms with Crippen molar-refractivity contribution in [2.75, 3.05) is 72.6 Å². The molecule has 25 heavy (non-hydrogen) atoms. The van der Waals surface area contributed by atoms with Crippen LogP contribution in [0, 0.1) is 0 Å². The van der Waals surface area contributed by atoms with Crippen LogP contribution in [-0.2, 0) is 9.47 Å². The zero-order chi connectivity index (χ0) is 17.2. The van der Waals surface area contributed by atoms with E-state index in [1.807, 2.05) is 7.05 Å². The highest BCUT2D eigenvalue weighted by molar-refractivity contribution is 14.0. The Morgan fingerprint density at radius 2 is 1.64 bits per heavy atom. The normalized spacial score (nSPS) is 26.1. The van der Waals surface area contributed by atoms with E-state index in [2.05, 4.69) is 39.3 Å². The molecule has 2 atom stereocenters. The van der Waals surface area contributed by atoms with Crippen LogP contribution in [0.3, 0.4) is 0 Å². The first-order valence-electron chi connectivity index (χ1n) is 9.30. The van der Waals surface area contributed by atoms with Gasteiger partial charge in [-0.15, -0.1) is 24.0 Å². The van der Waals surface area contributed by atoms with Gasteiger partial charge in [0, 0.05) is 59.4 Å². The molecule has 0 amide bonds. The fraction of sp³-hybridized carbons (Fsp3) is 0.941. The van der Waals surface area contributed by atoms with Crippen molar-refractivity contribution in [1.82, 2.24) is 20.4 Å². The molecule has 0 aromatic heterocycles. The maximum Gasteiger partial charge on any atom is 0.191 e. The molecule has 0 saturated carbocycles. The van der Waals surface area contributed by atoms with Gasteiger partial charge in [-0.1, -0.05) is 0 Å². The molecule has 2 saturated heterocycles. The summed E-state index contributed by atoms with van der Waals surface area (Å²) in [6, 6.07) is 0. The minimum atomic E-state index is 0. The molecule has 2 fully saturated rings. The van der Waals surface area contributed by atoms with E-state index in [-0.39, 0.29) is 24.0 Å². The van der Waals surface area contributed by atoms with E-state index in [9.17, 15) is 0 Å². The van der Waals surface area contributed by atoms with Crippen LogP contribution in [0.15, 0.2) is 4.99 Å². The van der Waals surface area contributed by atoms with Gasteiger partial charge in [0.1, 0.15) is 0 Å². The Kier molecular flexibility index (Phi) is 12.0. The van der Waals surface area contributed by atoms with Gasteiger partial charge in [0.25, 0.3) is 0 Å². The minimum absolute atomic E-state index is 0. The smallest absolute Gasteiger partial charge is 0.191 e. The highest BCUT2D eigenvalue weighted by Crippen LogP contribution is 2.10. The maximum absolute atomic E-state index is 5.77. The van der Waals surface area contributed by atoms with E-state index in [0.29, 0.717) is 12.2 Å². The second-order valence-corrected chi connectivity index (χ2v) is 6.75. The number of rotatable bonds is 7. The number of guanidine groups is 1. The number of hydrogen-bond acceptors (Lipinski definition) is 5. The lowest BCUT2D eigenvalue weighted by atomic mass is 10.2. The Morgan fingerprint density at radius 1 is 1.00 bits per heavy atom. The molecule has 0 bridgehead atoms.